The number of amides is 1. The molecule has 5 rings (SSSR count). The van der Waals surface area contributed by atoms with Gasteiger partial charge in [-0.25, -0.2) is 9.50 Å². The maximum Gasteiger partial charge on any atom is 0.224 e. The number of likely N-dealkylation sites (tertiary alicyclic amines) is 1. The van der Waals surface area contributed by atoms with Gasteiger partial charge in [-0.2, -0.15) is 0 Å². The summed E-state index contributed by atoms with van der Waals surface area (Å²) in [6.45, 7) is 8.08. The topological polar surface area (TPSA) is 65.8 Å². The molecule has 2 aliphatic rings. The molecule has 2 aliphatic heterocycles. The maximum absolute atomic E-state index is 12.8. The zero-order valence-electron chi connectivity index (χ0n) is 19.5. The summed E-state index contributed by atoms with van der Waals surface area (Å²) in [5, 5.41) is 8.92. The van der Waals surface area contributed by atoms with Crippen molar-refractivity contribution >= 4 is 27.3 Å². The summed E-state index contributed by atoms with van der Waals surface area (Å²) in [7, 11) is 0. The van der Waals surface area contributed by atoms with Crippen LogP contribution < -0.4 is 10.2 Å². The third kappa shape index (κ3) is 5.38. The van der Waals surface area contributed by atoms with Crippen LogP contribution in [0.15, 0.2) is 30.5 Å². The van der Waals surface area contributed by atoms with Crippen LogP contribution in [-0.2, 0) is 4.79 Å². The van der Waals surface area contributed by atoms with E-state index in [-0.39, 0.29) is 11.8 Å². The average Bonchev–Trinajstić information content (AvgIpc) is 3.43. The first-order valence-electron chi connectivity index (χ1n) is 12.3. The highest BCUT2D eigenvalue weighted by Crippen LogP contribution is 2.30. The summed E-state index contributed by atoms with van der Waals surface area (Å²) in [5.41, 5.74) is 3.29. The van der Waals surface area contributed by atoms with E-state index in [0.717, 1.165) is 66.8 Å². The highest BCUT2D eigenvalue weighted by Gasteiger charge is 2.27. The minimum atomic E-state index is 0.0353. The van der Waals surface area contributed by atoms with Crippen LogP contribution in [0.1, 0.15) is 44.1 Å². The van der Waals surface area contributed by atoms with E-state index < -0.39 is 0 Å². The fourth-order valence-electron chi connectivity index (χ4n) is 4.89. The molecule has 1 aromatic carbocycles. The molecule has 8 heteroatoms. The van der Waals surface area contributed by atoms with Crippen molar-refractivity contribution in [2.24, 2.45) is 5.92 Å². The molecule has 176 valence electrons. The second kappa shape index (κ2) is 10.2. The van der Waals surface area contributed by atoms with Crippen LogP contribution in [0.5, 0.6) is 0 Å². The molecule has 7 nitrogen and oxygen atoms in total. The molecular formula is C25H34N6OS. The molecule has 0 unspecified atom stereocenters. The van der Waals surface area contributed by atoms with E-state index >= 15 is 0 Å². The molecule has 2 saturated heterocycles. The Balaban J connectivity index is 1.15. The van der Waals surface area contributed by atoms with E-state index in [1.165, 1.54) is 37.9 Å². The molecule has 1 atom stereocenters. The smallest absolute Gasteiger partial charge is 0.224 e. The summed E-state index contributed by atoms with van der Waals surface area (Å²) in [4.78, 5) is 23.2. The molecule has 0 radical (unpaired) electrons. The first-order chi connectivity index (χ1) is 16.2. The predicted octanol–water partition coefficient (Wildman–Crippen LogP) is 3.97. The zero-order chi connectivity index (χ0) is 22.6. The van der Waals surface area contributed by atoms with Crippen LogP contribution in [-0.4, -0.2) is 64.7 Å². The van der Waals surface area contributed by atoms with Gasteiger partial charge in [-0.3, -0.25) is 4.79 Å². The molecule has 0 spiro atoms. The molecule has 1 N–H and O–H groups in total. The lowest BCUT2D eigenvalue weighted by Gasteiger charge is -2.31. The Kier molecular flexibility index (Phi) is 6.92. The summed E-state index contributed by atoms with van der Waals surface area (Å²) in [5.74, 6) is 0.231. The lowest BCUT2D eigenvalue weighted by atomic mass is 9.97. The zero-order valence-corrected chi connectivity index (χ0v) is 20.3. The largest absolute Gasteiger partial charge is 0.356 e. The van der Waals surface area contributed by atoms with Crippen molar-refractivity contribution in [3.63, 3.8) is 0 Å². The molecule has 3 aromatic rings. The third-order valence-corrected chi connectivity index (χ3v) is 7.82. The number of benzene rings is 1. The minimum absolute atomic E-state index is 0.0353. The lowest BCUT2D eigenvalue weighted by Crippen LogP contribution is -2.43. The van der Waals surface area contributed by atoms with Crippen molar-refractivity contribution in [2.45, 2.75) is 45.4 Å². The molecule has 2 aromatic heterocycles. The molecule has 2 fully saturated rings. The van der Waals surface area contributed by atoms with Crippen LogP contribution in [0.2, 0.25) is 0 Å². The number of hydrogen-bond acceptors (Lipinski definition) is 6. The van der Waals surface area contributed by atoms with Crippen molar-refractivity contribution in [1.82, 2.24) is 24.8 Å². The fraction of sp³-hybridized carbons (Fsp3) is 0.560. The van der Waals surface area contributed by atoms with E-state index in [2.05, 4.69) is 46.3 Å². The normalized spacial score (nSPS) is 19.8. The molecule has 4 heterocycles. The molecular weight excluding hydrogens is 432 g/mol. The van der Waals surface area contributed by atoms with E-state index in [9.17, 15) is 4.79 Å². The predicted molar refractivity (Wildman–Crippen MR) is 134 cm³/mol. The monoisotopic (exact) mass is 466 g/mol. The number of carbonyl (C=O) groups is 1. The van der Waals surface area contributed by atoms with Crippen LogP contribution in [0.25, 0.3) is 16.2 Å². The Labute approximate surface area is 199 Å². The minimum Gasteiger partial charge on any atom is -0.356 e. The van der Waals surface area contributed by atoms with Crippen LogP contribution >= 0.6 is 11.3 Å². The standard InChI is InChI=1S/C25H34N6OS/c1-19-8-10-20(11-9-19)22-18-31-24(27-22)33-25(28-31)30-16-5-7-21(17-30)23(32)26-12-6-15-29-13-3-2-4-14-29/h8-11,18,21H,2-7,12-17H2,1H3,(H,26,32)/t21-/m1/s1. The van der Waals surface area contributed by atoms with E-state index in [4.69, 9.17) is 10.1 Å². The second-order valence-electron chi connectivity index (χ2n) is 9.44. The molecule has 0 bridgehead atoms. The fourth-order valence-corrected chi connectivity index (χ4v) is 5.81. The first kappa shape index (κ1) is 22.3. The van der Waals surface area contributed by atoms with Gasteiger partial charge >= 0.3 is 0 Å². The summed E-state index contributed by atoms with van der Waals surface area (Å²) < 4.78 is 1.87. The van der Waals surface area contributed by atoms with Crippen molar-refractivity contribution in [1.29, 1.82) is 0 Å². The number of aromatic nitrogens is 3. The van der Waals surface area contributed by atoms with Gasteiger partial charge < -0.3 is 15.1 Å². The van der Waals surface area contributed by atoms with Gasteiger partial charge in [0.25, 0.3) is 0 Å². The van der Waals surface area contributed by atoms with Crippen molar-refractivity contribution in [2.75, 3.05) is 44.2 Å². The highest BCUT2D eigenvalue weighted by molar-refractivity contribution is 7.20. The number of piperidine rings is 2. The number of rotatable bonds is 7. The van der Waals surface area contributed by atoms with Crippen molar-refractivity contribution in [3.05, 3.63) is 36.0 Å². The number of aryl methyl sites for hydroxylation is 1. The Hall–Kier alpha value is -2.45. The Morgan fingerprint density at radius 3 is 2.73 bits per heavy atom. The first-order valence-corrected chi connectivity index (χ1v) is 13.2. The summed E-state index contributed by atoms with van der Waals surface area (Å²) in [6.07, 6.45) is 9.00. The quantitative estimate of drug-likeness (QED) is 0.534. The number of hydrogen-bond donors (Lipinski definition) is 1. The number of nitrogens with zero attached hydrogens (tertiary/aromatic N) is 5. The third-order valence-electron chi connectivity index (χ3n) is 6.84. The van der Waals surface area contributed by atoms with Gasteiger partial charge in [0, 0.05) is 25.2 Å². The van der Waals surface area contributed by atoms with E-state index in [1.807, 2.05) is 10.7 Å². The molecule has 0 aliphatic carbocycles. The van der Waals surface area contributed by atoms with Gasteiger partial charge in [-0.1, -0.05) is 47.6 Å². The van der Waals surface area contributed by atoms with Gasteiger partial charge in [0.15, 0.2) is 0 Å². The van der Waals surface area contributed by atoms with Crippen molar-refractivity contribution in [3.8, 4) is 11.3 Å². The van der Waals surface area contributed by atoms with Crippen LogP contribution in [0, 0.1) is 12.8 Å². The lowest BCUT2D eigenvalue weighted by molar-refractivity contribution is -0.125. The molecule has 0 saturated carbocycles. The Morgan fingerprint density at radius 2 is 1.94 bits per heavy atom. The van der Waals surface area contributed by atoms with Gasteiger partial charge in [0.1, 0.15) is 0 Å². The summed E-state index contributed by atoms with van der Waals surface area (Å²) >= 11 is 1.60. The Bertz CT molecular complexity index is 1040. The number of imidazole rings is 1. The number of fused-ring (bicyclic) bond motifs is 1. The van der Waals surface area contributed by atoms with Crippen LogP contribution in [0.4, 0.5) is 5.13 Å². The summed E-state index contributed by atoms with van der Waals surface area (Å²) in [6, 6.07) is 8.41. The molecule has 33 heavy (non-hydrogen) atoms. The number of carbonyl (C=O) groups excluding carboxylic acids is 1. The Morgan fingerprint density at radius 1 is 1.12 bits per heavy atom. The SMILES string of the molecule is Cc1ccc(-c2cn3nc(N4CCC[C@@H](C(=O)NCCCN5CCCCC5)C4)sc3n2)cc1. The van der Waals surface area contributed by atoms with Gasteiger partial charge in [-0.05, 0) is 58.7 Å². The average molecular weight is 467 g/mol. The van der Waals surface area contributed by atoms with Gasteiger partial charge in [-0.15, -0.1) is 5.10 Å². The van der Waals surface area contributed by atoms with E-state index in [0.29, 0.717) is 0 Å². The van der Waals surface area contributed by atoms with Gasteiger partial charge in [0.05, 0.1) is 17.8 Å². The molecule has 1 amide bonds. The van der Waals surface area contributed by atoms with Crippen molar-refractivity contribution < 1.29 is 4.79 Å². The highest BCUT2D eigenvalue weighted by atomic mass is 32.1. The number of nitrogens with one attached hydrogen (secondary N) is 1. The van der Waals surface area contributed by atoms with Gasteiger partial charge in [0.2, 0.25) is 16.0 Å². The van der Waals surface area contributed by atoms with E-state index in [1.54, 1.807) is 11.3 Å². The number of anilines is 1. The second-order valence-corrected chi connectivity index (χ2v) is 10.4. The van der Waals surface area contributed by atoms with Crippen LogP contribution in [0.3, 0.4) is 0 Å². The maximum atomic E-state index is 12.8.